The van der Waals surface area contributed by atoms with Gasteiger partial charge >= 0.3 is 5.97 Å². The van der Waals surface area contributed by atoms with Gasteiger partial charge in [-0.05, 0) is 72.3 Å². The minimum absolute atomic E-state index is 0.215. The maximum atomic E-state index is 10.8. The maximum Gasteiger partial charge on any atom is 0.328 e. The van der Waals surface area contributed by atoms with Gasteiger partial charge in [-0.2, -0.15) is 0 Å². The van der Waals surface area contributed by atoms with Crippen molar-refractivity contribution in [3.63, 3.8) is 0 Å². The summed E-state index contributed by atoms with van der Waals surface area (Å²) >= 11 is 0. The van der Waals surface area contributed by atoms with Gasteiger partial charge in [0.1, 0.15) is 0 Å². The Balaban J connectivity index is 1.90. The second-order valence-electron chi connectivity index (χ2n) is 9.49. The van der Waals surface area contributed by atoms with Gasteiger partial charge in [0.15, 0.2) is 0 Å². The van der Waals surface area contributed by atoms with Gasteiger partial charge in [0.05, 0.1) is 0 Å². The lowest BCUT2D eigenvalue weighted by atomic mass is 9.63. The number of carbonyl (C=O) groups is 1. The largest absolute Gasteiger partial charge is 0.478 e. The Bertz CT molecular complexity index is 786. The molecule has 0 bridgehead atoms. The summed E-state index contributed by atoms with van der Waals surface area (Å²) in [4.78, 5) is 13.3. The Morgan fingerprint density at radius 1 is 1.15 bits per heavy atom. The highest BCUT2D eigenvalue weighted by Crippen LogP contribution is 2.47. The smallest absolute Gasteiger partial charge is 0.328 e. The first-order chi connectivity index (χ1) is 12.6. The molecule has 2 aliphatic rings. The van der Waals surface area contributed by atoms with Gasteiger partial charge in [0.25, 0.3) is 0 Å². The summed E-state index contributed by atoms with van der Waals surface area (Å²) in [5, 5.41) is 8.89. The molecule has 0 saturated carbocycles. The van der Waals surface area contributed by atoms with Crippen LogP contribution in [0.1, 0.15) is 71.4 Å². The van der Waals surface area contributed by atoms with E-state index in [9.17, 15) is 4.79 Å². The number of carboxylic acid groups (broad SMARTS) is 1. The van der Waals surface area contributed by atoms with E-state index in [1.54, 1.807) is 0 Å². The van der Waals surface area contributed by atoms with Crippen LogP contribution in [0.4, 0.5) is 5.69 Å². The van der Waals surface area contributed by atoms with Crippen molar-refractivity contribution >= 4 is 11.7 Å². The van der Waals surface area contributed by atoms with Gasteiger partial charge in [-0.15, -0.1) is 0 Å². The molecule has 0 unspecified atom stereocenters. The number of nitrogens with zero attached hydrogens (tertiary/aromatic N) is 1. The monoisotopic (exact) mass is 367 g/mol. The zero-order valence-electron chi connectivity index (χ0n) is 17.4. The minimum Gasteiger partial charge on any atom is -0.478 e. The van der Waals surface area contributed by atoms with Crippen LogP contribution in [0.15, 0.2) is 42.0 Å². The van der Waals surface area contributed by atoms with Crippen LogP contribution >= 0.6 is 0 Å². The molecule has 1 aromatic carbocycles. The van der Waals surface area contributed by atoms with Crippen LogP contribution < -0.4 is 4.90 Å². The lowest BCUT2D eigenvalue weighted by Crippen LogP contribution is -2.35. The lowest BCUT2D eigenvalue weighted by molar-refractivity contribution is -0.131. The van der Waals surface area contributed by atoms with Gasteiger partial charge in [0.2, 0.25) is 0 Å². The third kappa shape index (κ3) is 4.12. The van der Waals surface area contributed by atoms with E-state index in [1.807, 2.05) is 13.0 Å². The quantitative estimate of drug-likeness (QED) is 0.557. The molecule has 27 heavy (non-hydrogen) atoms. The third-order valence-corrected chi connectivity index (χ3v) is 6.40. The highest BCUT2D eigenvalue weighted by atomic mass is 16.4. The van der Waals surface area contributed by atoms with Crippen LogP contribution in [0.25, 0.3) is 0 Å². The number of fused-ring (bicyclic) bond motifs is 1. The first-order valence-corrected chi connectivity index (χ1v) is 10.1. The van der Waals surface area contributed by atoms with Crippen LogP contribution in [-0.2, 0) is 15.6 Å². The number of carboxylic acids is 1. The van der Waals surface area contributed by atoms with Crippen LogP contribution in [-0.4, -0.2) is 23.7 Å². The van der Waals surface area contributed by atoms with E-state index in [2.05, 4.69) is 56.9 Å². The molecule has 1 aliphatic heterocycles. The molecule has 0 aromatic heterocycles. The second kappa shape index (κ2) is 7.18. The van der Waals surface area contributed by atoms with Gasteiger partial charge in [0, 0.05) is 24.4 Å². The minimum atomic E-state index is -0.889. The van der Waals surface area contributed by atoms with Crippen molar-refractivity contribution < 1.29 is 9.90 Å². The highest BCUT2D eigenvalue weighted by molar-refractivity contribution is 5.81. The Kier molecular flexibility index (Phi) is 5.24. The Morgan fingerprint density at radius 3 is 2.48 bits per heavy atom. The molecule has 1 N–H and O–H groups in total. The molecule has 3 rings (SSSR count). The van der Waals surface area contributed by atoms with Crippen LogP contribution in [0.5, 0.6) is 0 Å². The summed E-state index contributed by atoms with van der Waals surface area (Å²) in [6, 6.07) is 7.39. The first kappa shape index (κ1) is 19.7. The molecule has 1 fully saturated rings. The number of benzene rings is 1. The van der Waals surface area contributed by atoms with Crippen LogP contribution in [0, 0.1) is 0 Å². The summed E-state index contributed by atoms with van der Waals surface area (Å²) < 4.78 is 0. The van der Waals surface area contributed by atoms with Crippen LogP contribution in [0.3, 0.4) is 0 Å². The predicted molar refractivity (Wildman–Crippen MR) is 113 cm³/mol. The number of hydrogen-bond donors (Lipinski definition) is 1. The van der Waals surface area contributed by atoms with E-state index < -0.39 is 5.97 Å². The maximum absolute atomic E-state index is 10.8. The van der Waals surface area contributed by atoms with Crippen LogP contribution in [0.2, 0.25) is 0 Å². The zero-order valence-corrected chi connectivity index (χ0v) is 17.4. The molecule has 1 aromatic rings. The van der Waals surface area contributed by atoms with E-state index in [4.69, 9.17) is 5.11 Å². The summed E-state index contributed by atoms with van der Waals surface area (Å²) in [6.45, 7) is 12.4. The van der Waals surface area contributed by atoms with Gasteiger partial charge < -0.3 is 10.0 Å². The second-order valence-corrected chi connectivity index (χ2v) is 9.49. The highest BCUT2D eigenvalue weighted by Gasteiger charge is 2.37. The number of rotatable bonds is 4. The molecule has 1 saturated heterocycles. The fourth-order valence-electron chi connectivity index (χ4n) is 4.57. The topological polar surface area (TPSA) is 40.5 Å². The van der Waals surface area contributed by atoms with Crippen molar-refractivity contribution in [2.75, 3.05) is 11.4 Å². The molecule has 0 spiro atoms. The molecule has 3 heteroatoms. The van der Waals surface area contributed by atoms with E-state index in [-0.39, 0.29) is 10.8 Å². The fraction of sp³-hybridized carbons (Fsp3) is 0.542. The van der Waals surface area contributed by atoms with Crippen molar-refractivity contribution in [3.8, 4) is 0 Å². The van der Waals surface area contributed by atoms with E-state index in [0.29, 0.717) is 6.04 Å². The predicted octanol–water partition coefficient (Wildman–Crippen LogP) is 5.59. The first-order valence-electron chi connectivity index (χ1n) is 10.1. The van der Waals surface area contributed by atoms with Crippen molar-refractivity contribution in [3.05, 3.63) is 53.1 Å². The fourth-order valence-corrected chi connectivity index (χ4v) is 4.57. The third-order valence-electron chi connectivity index (χ3n) is 6.40. The molecule has 1 heterocycles. The number of hydrogen-bond acceptors (Lipinski definition) is 2. The summed E-state index contributed by atoms with van der Waals surface area (Å²) in [6.07, 6.45) is 10.1. The molecule has 146 valence electrons. The summed E-state index contributed by atoms with van der Waals surface area (Å²) in [7, 11) is 0. The summed E-state index contributed by atoms with van der Waals surface area (Å²) in [5.41, 5.74) is 5.52. The molecule has 1 aliphatic carbocycles. The van der Waals surface area contributed by atoms with Crippen molar-refractivity contribution in [1.29, 1.82) is 0 Å². The molecule has 1 atom stereocenters. The number of aliphatic carboxylic acids is 1. The average molecular weight is 368 g/mol. The standard InChI is InChI=1S/C24H33NO2/c1-17(15-22(26)27)8-9-18-7-6-14-25(18)19-10-11-20-21(16-19)24(4,5)13-12-23(20,2)3/h8-11,15-16,18H,6-7,12-14H2,1-5H3,(H,26,27)/b9-8+,17-15+/t18-/m0/s1. The van der Waals surface area contributed by atoms with Gasteiger partial charge in [-0.3, -0.25) is 0 Å². The van der Waals surface area contributed by atoms with Gasteiger partial charge in [-0.1, -0.05) is 45.9 Å². The lowest BCUT2D eigenvalue weighted by Gasteiger charge is -2.42. The Morgan fingerprint density at radius 2 is 1.81 bits per heavy atom. The molecular formula is C24H33NO2. The van der Waals surface area contributed by atoms with E-state index >= 15 is 0 Å². The number of anilines is 1. The SMILES string of the molecule is CC(/C=C/[C@@H]1CCCN1c1ccc2c(c1)C(C)(C)CCC2(C)C)=C\C(=O)O. The van der Waals surface area contributed by atoms with E-state index in [0.717, 1.165) is 18.5 Å². The Hall–Kier alpha value is -2.03. The van der Waals surface area contributed by atoms with Crippen molar-refractivity contribution in [2.45, 2.75) is 77.2 Å². The number of allylic oxidation sites excluding steroid dienone is 2. The molecule has 0 radical (unpaired) electrons. The van der Waals surface area contributed by atoms with E-state index in [1.165, 1.54) is 42.2 Å². The Labute approximate surface area is 163 Å². The molecular weight excluding hydrogens is 334 g/mol. The molecule has 3 nitrogen and oxygen atoms in total. The zero-order chi connectivity index (χ0) is 19.8. The van der Waals surface area contributed by atoms with Gasteiger partial charge in [-0.25, -0.2) is 4.79 Å². The average Bonchev–Trinajstić information content (AvgIpc) is 3.05. The summed E-state index contributed by atoms with van der Waals surface area (Å²) in [5.74, 6) is -0.889. The van der Waals surface area contributed by atoms with Crippen molar-refractivity contribution in [1.82, 2.24) is 0 Å². The normalized spacial score (nSPS) is 24.3. The van der Waals surface area contributed by atoms with Crippen molar-refractivity contribution in [2.24, 2.45) is 0 Å². The molecule has 0 amide bonds.